The van der Waals surface area contributed by atoms with E-state index in [1.807, 2.05) is 49.4 Å². The van der Waals surface area contributed by atoms with Crippen LogP contribution in [0.2, 0.25) is 0 Å². The third-order valence-corrected chi connectivity index (χ3v) is 3.78. The molecular weight excluding hydrogens is 332 g/mol. The number of para-hydroxylation sites is 1. The lowest BCUT2D eigenvalue weighted by molar-refractivity contribution is 0.0440. The molecule has 0 spiro atoms. The average molecular weight is 350 g/mol. The van der Waals surface area contributed by atoms with Crippen molar-refractivity contribution in [2.45, 2.75) is 13.5 Å². The largest absolute Gasteiger partial charge is 0.489 e. The highest BCUT2D eigenvalue weighted by Gasteiger charge is 2.19. The summed E-state index contributed by atoms with van der Waals surface area (Å²) < 4.78 is 15.9. The van der Waals surface area contributed by atoms with Crippen molar-refractivity contribution < 1.29 is 23.5 Å². The Kier molecular flexibility index (Phi) is 5.49. The van der Waals surface area contributed by atoms with E-state index in [4.69, 9.17) is 13.9 Å². The molecule has 2 aromatic carbocycles. The molecule has 1 heterocycles. The molecule has 0 unspecified atom stereocenters. The van der Waals surface area contributed by atoms with Crippen LogP contribution in [0.15, 0.2) is 71.3 Å². The normalized spacial score (nSPS) is 10.3. The van der Waals surface area contributed by atoms with Crippen LogP contribution in [0.3, 0.4) is 0 Å². The molecule has 5 heteroatoms. The fraction of sp³-hybridized carbons (Fsp3) is 0.143. The molecule has 3 aromatic rings. The summed E-state index contributed by atoms with van der Waals surface area (Å²) in [7, 11) is 0. The molecular formula is C21H18O5. The monoisotopic (exact) mass is 350 g/mol. The van der Waals surface area contributed by atoms with Crippen molar-refractivity contribution in [1.82, 2.24) is 0 Å². The molecule has 0 saturated heterocycles. The van der Waals surface area contributed by atoms with Crippen LogP contribution < -0.4 is 4.74 Å². The number of rotatable bonds is 7. The smallest absolute Gasteiger partial charge is 0.375 e. The lowest BCUT2D eigenvalue weighted by Crippen LogP contribution is -2.15. The molecule has 26 heavy (non-hydrogen) atoms. The number of ketones is 1. The molecule has 5 nitrogen and oxygen atoms in total. The number of ether oxygens (including phenoxy) is 2. The molecule has 0 aliphatic heterocycles. The fourth-order valence-electron chi connectivity index (χ4n) is 2.33. The summed E-state index contributed by atoms with van der Waals surface area (Å²) in [4.78, 5) is 24.3. The number of hydrogen-bond acceptors (Lipinski definition) is 5. The van der Waals surface area contributed by atoms with E-state index in [1.54, 1.807) is 18.2 Å². The van der Waals surface area contributed by atoms with Crippen molar-refractivity contribution >= 4 is 11.8 Å². The summed E-state index contributed by atoms with van der Waals surface area (Å²) in [5, 5.41) is 0. The number of furan rings is 1. The third-order valence-electron chi connectivity index (χ3n) is 3.78. The Morgan fingerprint density at radius 1 is 0.962 bits per heavy atom. The highest BCUT2D eigenvalue weighted by Crippen LogP contribution is 2.17. The van der Waals surface area contributed by atoms with Gasteiger partial charge in [-0.1, -0.05) is 48.0 Å². The fourth-order valence-corrected chi connectivity index (χ4v) is 2.33. The lowest BCUT2D eigenvalue weighted by Gasteiger charge is -2.07. The van der Waals surface area contributed by atoms with Gasteiger partial charge in [0.15, 0.2) is 12.4 Å². The van der Waals surface area contributed by atoms with E-state index >= 15 is 0 Å². The van der Waals surface area contributed by atoms with Crippen molar-refractivity contribution in [3.8, 4) is 5.75 Å². The van der Waals surface area contributed by atoms with Crippen LogP contribution in [0.5, 0.6) is 5.75 Å². The summed E-state index contributed by atoms with van der Waals surface area (Å²) in [5.41, 5.74) is 2.11. The number of carbonyl (C=O) groups excluding carboxylic acids is 2. The van der Waals surface area contributed by atoms with Crippen LogP contribution in [0.1, 0.15) is 32.0 Å². The van der Waals surface area contributed by atoms with Crippen molar-refractivity contribution in [2.75, 3.05) is 6.61 Å². The first kappa shape index (κ1) is 17.5. The van der Waals surface area contributed by atoms with Crippen LogP contribution in [0.25, 0.3) is 0 Å². The van der Waals surface area contributed by atoms with Gasteiger partial charge in [-0.3, -0.25) is 4.79 Å². The van der Waals surface area contributed by atoms with Crippen LogP contribution in [0, 0.1) is 6.92 Å². The Morgan fingerprint density at radius 2 is 1.69 bits per heavy atom. The zero-order valence-electron chi connectivity index (χ0n) is 14.3. The van der Waals surface area contributed by atoms with Gasteiger partial charge in [0.05, 0.1) is 6.26 Å². The Balaban J connectivity index is 1.57. The lowest BCUT2D eigenvalue weighted by atomic mass is 10.1. The van der Waals surface area contributed by atoms with Crippen LogP contribution in [0.4, 0.5) is 0 Å². The Labute approximate surface area is 151 Å². The minimum Gasteiger partial charge on any atom is -0.489 e. The average Bonchev–Trinajstić information content (AvgIpc) is 3.14. The number of carbonyl (C=O) groups is 2. The van der Waals surface area contributed by atoms with Crippen molar-refractivity contribution in [3.05, 3.63) is 89.4 Å². The molecule has 1 aromatic heterocycles. The van der Waals surface area contributed by atoms with E-state index in [9.17, 15) is 9.59 Å². The van der Waals surface area contributed by atoms with Gasteiger partial charge >= 0.3 is 5.97 Å². The minimum atomic E-state index is -0.692. The van der Waals surface area contributed by atoms with Gasteiger partial charge in [0.25, 0.3) is 0 Å². The van der Waals surface area contributed by atoms with Gasteiger partial charge in [0.1, 0.15) is 12.4 Å². The Morgan fingerprint density at radius 3 is 2.42 bits per heavy atom. The predicted octanol–water partition coefficient (Wildman–Crippen LogP) is 4.21. The maximum atomic E-state index is 12.2. The molecule has 0 bridgehead atoms. The molecule has 0 aliphatic carbocycles. The van der Waals surface area contributed by atoms with Gasteiger partial charge in [-0.05, 0) is 25.1 Å². The van der Waals surface area contributed by atoms with Gasteiger partial charge in [0, 0.05) is 11.1 Å². The quantitative estimate of drug-likeness (QED) is 0.472. The minimum absolute atomic E-state index is 0.0395. The van der Waals surface area contributed by atoms with E-state index < -0.39 is 5.97 Å². The molecule has 0 saturated carbocycles. The van der Waals surface area contributed by atoms with Crippen molar-refractivity contribution in [2.24, 2.45) is 0 Å². The van der Waals surface area contributed by atoms with E-state index in [0.717, 1.165) is 5.56 Å². The van der Waals surface area contributed by atoms with Gasteiger partial charge < -0.3 is 13.9 Å². The number of benzene rings is 2. The number of esters is 1. The Hall–Kier alpha value is -3.34. The number of Topliss-reactive ketones (excluding diaryl/α,β-unsaturated/α-hetero) is 1. The van der Waals surface area contributed by atoms with E-state index in [-0.39, 0.29) is 24.8 Å². The molecule has 0 atom stereocenters. The first-order valence-electron chi connectivity index (χ1n) is 8.14. The van der Waals surface area contributed by atoms with Crippen LogP contribution in [-0.4, -0.2) is 18.4 Å². The maximum Gasteiger partial charge on any atom is 0.375 e. The topological polar surface area (TPSA) is 65.7 Å². The summed E-state index contributed by atoms with van der Waals surface area (Å²) >= 11 is 0. The second-order valence-electron chi connectivity index (χ2n) is 5.74. The zero-order chi connectivity index (χ0) is 18.4. The van der Waals surface area contributed by atoms with Crippen LogP contribution in [-0.2, 0) is 11.3 Å². The first-order chi connectivity index (χ1) is 12.6. The molecule has 0 N–H and O–H groups in total. The summed E-state index contributed by atoms with van der Waals surface area (Å²) in [6.07, 6.45) is 1.39. The van der Waals surface area contributed by atoms with E-state index in [1.165, 1.54) is 6.26 Å². The predicted molar refractivity (Wildman–Crippen MR) is 95.3 cm³/mol. The molecule has 132 valence electrons. The summed E-state index contributed by atoms with van der Waals surface area (Å²) in [6, 6.07) is 18.0. The highest BCUT2D eigenvalue weighted by atomic mass is 16.5. The van der Waals surface area contributed by atoms with Gasteiger partial charge in [0.2, 0.25) is 5.76 Å². The maximum absolute atomic E-state index is 12.2. The van der Waals surface area contributed by atoms with Gasteiger partial charge in [-0.15, -0.1) is 0 Å². The molecule has 0 fully saturated rings. The Bertz CT molecular complexity index is 878. The molecule has 0 aliphatic rings. The summed E-state index contributed by atoms with van der Waals surface area (Å²) in [6.45, 7) is 1.75. The van der Waals surface area contributed by atoms with E-state index in [2.05, 4.69) is 0 Å². The number of hydrogen-bond donors (Lipinski definition) is 0. The SMILES string of the molecule is Cc1ccc(C(=O)COC(=O)c2occc2COc2ccccc2)cc1. The van der Waals surface area contributed by atoms with Gasteiger partial charge in [-0.25, -0.2) is 4.79 Å². The zero-order valence-corrected chi connectivity index (χ0v) is 14.3. The van der Waals surface area contributed by atoms with Crippen molar-refractivity contribution in [3.63, 3.8) is 0 Å². The van der Waals surface area contributed by atoms with Crippen LogP contribution >= 0.6 is 0 Å². The summed E-state index contributed by atoms with van der Waals surface area (Å²) in [5.74, 6) is -0.241. The van der Waals surface area contributed by atoms with E-state index in [0.29, 0.717) is 16.9 Å². The highest BCUT2D eigenvalue weighted by molar-refractivity contribution is 5.99. The van der Waals surface area contributed by atoms with Gasteiger partial charge in [-0.2, -0.15) is 0 Å². The molecule has 0 radical (unpaired) electrons. The molecule has 0 amide bonds. The first-order valence-corrected chi connectivity index (χ1v) is 8.14. The third kappa shape index (κ3) is 4.39. The molecule has 3 rings (SSSR count). The van der Waals surface area contributed by atoms with Crippen molar-refractivity contribution in [1.29, 1.82) is 0 Å². The second kappa shape index (κ2) is 8.16. The second-order valence-corrected chi connectivity index (χ2v) is 5.74. The standard InChI is InChI=1S/C21H18O5/c1-15-7-9-16(10-8-15)19(22)14-26-21(23)20-17(11-12-24-20)13-25-18-5-3-2-4-6-18/h2-12H,13-14H2,1H3. The number of aryl methyl sites for hydroxylation is 1.